The lowest BCUT2D eigenvalue weighted by atomic mass is 10.1. The summed E-state index contributed by atoms with van der Waals surface area (Å²) in [5.41, 5.74) is 0. The Labute approximate surface area is 203 Å². The summed E-state index contributed by atoms with van der Waals surface area (Å²) in [5.74, 6) is 0. The molecule has 0 aliphatic rings. The molecule has 32 heavy (non-hydrogen) atoms. The molecular formula is C30H28BrP. The number of benzene rings is 5. The summed E-state index contributed by atoms with van der Waals surface area (Å²) in [6.07, 6.45) is 1.14. The molecule has 0 aromatic heterocycles. The van der Waals surface area contributed by atoms with E-state index in [0.29, 0.717) is 0 Å². The van der Waals surface area contributed by atoms with Crippen LogP contribution in [0.15, 0.2) is 140 Å². The van der Waals surface area contributed by atoms with E-state index >= 15 is 0 Å². The molecule has 0 nitrogen and oxygen atoms in total. The van der Waals surface area contributed by atoms with Crippen LogP contribution >= 0.6 is 7.26 Å². The molecule has 0 aliphatic heterocycles. The molecule has 0 saturated heterocycles. The van der Waals surface area contributed by atoms with Crippen LogP contribution in [0.5, 0.6) is 0 Å². The zero-order chi connectivity index (χ0) is 21.4. The molecule has 0 atom stereocenters. The molecule has 5 aromatic rings. The number of hydrogen-bond acceptors (Lipinski definition) is 0. The van der Waals surface area contributed by atoms with Crippen molar-refractivity contribution in [2.45, 2.75) is 6.92 Å². The maximum atomic E-state index is 2.32. The quantitative estimate of drug-likeness (QED) is 0.330. The van der Waals surface area contributed by atoms with Crippen molar-refractivity contribution in [3.63, 3.8) is 0 Å². The zero-order valence-electron chi connectivity index (χ0n) is 18.3. The van der Waals surface area contributed by atoms with Crippen LogP contribution < -0.4 is 32.9 Å². The van der Waals surface area contributed by atoms with Crippen molar-refractivity contribution in [3.05, 3.63) is 140 Å². The predicted molar refractivity (Wildman–Crippen MR) is 140 cm³/mol. The molecular weight excluding hydrogens is 471 g/mol. The fraction of sp³-hybridized carbons (Fsp3) is 0.0667. The van der Waals surface area contributed by atoms with Crippen LogP contribution in [0.2, 0.25) is 0 Å². The van der Waals surface area contributed by atoms with Gasteiger partial charge in [-0.05, 0) is 54.1 Å². The van der Waals surface area contributed by atoms with E-state index in [2.05, 4.69) is 146 Å². The highest BCUT2D eigenvalue weighted by Gasteiger charge is 2.43. The van der Waals surface area contributed by atoms with Crippen LogP contribution in [0.25, 0.3) is 10.8 Å². The minimum absolute atomic E-state index is 0. The summed E-state index contributed by atoms with van der Waals surface area (Å²) in [6.45, 7) is 2.32. The van der Waals surface area contributed by atoms with Gasteiger partial charge in [0.15, 0.2) is 0 Å². The first kappa shape index (κ1) is 23.9. The maximum Gasteiger partial charge on any atom is 0.111 e. The lowest BCUT2D eigenvalue weighted by molar-refractivity contribution is -0.00000599. The van der Waals surface area contributed by atoms with Gasteiger partial charge in [-0.2, -0.15) is 0 Å². The normalized spacial score (nSPS) is 10.5. The first-order chi connectivity index (χ1) is 15.3. The number of rotatable bonds is 4. The second-order valence-corrected chi connectivity index (χ2v) is 11.3. The third-order valence-electron chi connectivity index (χ3n) is 5.72. The van der Waals surface area contributed by atoms with Gasteiger partial charge in [-0.15, -0.1) is 0 Å². The number of hydrogen-bond donors (Lipinski definition) is 0. The molecule has 0 amide bonds. The van der Waals surface area contributed by atoms with Gasteiger partial charge < -0.3 is 17.0 Å². The van der Waals surface area contributed by atoms with E-state index in [9.17, 15) is 0 Å². The standard InChI is InChI=1S/C20H20P.C10H8.BrH/c1-2-21(18-12-6-3-7-13-18,19-14-8-4-9-15-19)20-16-10-5-11-17-20;1-2-6-10-8-4-3-7-9(10)5-1;/h3-17H,2H2,1H3;1-8H;1H/q+1;;/p-1. The van der Waals surface area contributed by atoms with Crippen molar-refractivity contribution in [1.29, 1.82) is 0 Å². The van der Waals surface area contributed by atoms with Crippen LogP contribution in [-0.2, 0) is 0 Å². The van der Waals surface area contributed by atoms with Gasteiger partial charge in [0.2, 0.25) is 0 Å². The topological polar surface area (TPSA) is 0 Å². The fourth-order valence-electron chi connectivity index (χ4n) is 4.18. The maximum absolute atomic E-state index is 2.32. The summed E-state index contributed by atoms with van der Waals surface area (Å²) < 4.78 is 0. The van der Waals surface area contributed by atoms with Crippen molar-refractivity contribution in [1.82, 2.24) is 0 Å². The molecule has 0 unspecified atom stereocenters. The van der Waals surface area contributed by atoms with Crippen molar-refractivity contribution < 1.29 is 17.0 Å². The summed E-state index contributed by atoms with van der Waals surface area (Å²) in [4.78, 5) is 0. The van der Waals surface area contributed by atoms with E-state index in [1.807, 2.05) is 0 Å². The monoisotopic (exact) mass is 498 g/mol. The van der Waals surface area contributed by atoms with E-state index in [-0.39, 0.29) is 17.0 Å². The van der Waals surface area contributed by atoms with E-state index < -0.39 is 7.26 Å². The van der Waals surface area contributed by atoms with Gasteiger partial charge in [0.1, 0.15) is 23.2 Å². The molecule has 2 heteroatoms. The van der Waals surface area contributed by atoms with Gasteiger partial charge in [0, 0.05) is 0 Å². The zero-order valence-corrected chi connectivity index (χ0v) is 20.8. The van der Waals surface area contributed by atoms with Crippen molar-refractivity contribution in [3.8, 4) is 0 Å². The smallest absolute Gasteiger partial charge is 0.111 e. The molecule has 0 N–H and O–H groups in total. The number of halogens is 1. The van der Waals surface area contributed by atoms with Crippen LogP contribution in [-0.4, -0.2) is 6.16 Å². The Kier molecular flexibility index (Phi) is 8.80. The van der Waals surface area contributed by atoms with Gasteiger partial charge in [-0.3, -0.25) is 0 Å². The van der Waals surface area contributed by atoms with Gasteiger partial charge in [0.05, 0.1) is 6.16 Å². The number of fused-ring (bicyclic) bond motifs is 1. The van der Waals surface area contributed by atoms with Crippen molar-refractivity contribution in [2.75, 3.05) is 6.16 Å². The second-order valence-electron chi connectivity index (χ2n) is 7.48. The SMILES string of the molecule is CC[P+](c1ccccc1)(c1ccccc1)c1ccccc1.[Br-].c1ccc2ccccc2c1. The van der Waals surface area contributed by atoms with Crippen molar-refractivity contribution >= 4 is 33.9 Å². The Balaban J connectivity index is 0.000000220. The summed E-state index contributed by atoms with van der Waals surface area (Å²) in [7, 11) is -1.53. The average molecular weight is 499 g/mol. The van der Waals surface area contributed by atoms with Gasteiger partial charge >= 0.3 is 0 Å². The molecule has 5 rings (SSSR count). The predicted octanol–water partition coefficient (Wildman–Crippen LogP) is 3.84. The van der Waals surface area contributed by atoms with E-state index in [1.54, 1.807) is 0 Å². The highest BCUT2D eigenvalue weighted by molar-refractivity contribution is 7.95. The van der Waals surface area contributed by atoms with Crippen LogP contribution in [0, 0.1) is 0 Å². The van der Waals surface area contributed by atoms with Gasteiger partial charge in [-0.1, -0.05) is 103 Å². The third-order valence-corrected chi connectivity index (χ3v) is 10.2. The molecule has 5 aromatic carbocycles. The van der Waals surface area contributed by atoms with E-state index in [4.69, 9.17) is 0 Å². The lowest BCUT2D eigenvalue weighted by Gasteiger charge is -2.26. The Bertz CT molecular complexity index is 1040. The molecule has 0 radical (unpaired) electrons. The van der Waals surface area contributed by atoms with Crippen LogP contribution in [0.3, 0.4) is 0 Å². The summed E-state index contributed by atoms with van der Waals surface area (Å²) in [6, 6.07) is 49.7. The molecule has 0 heterocycles. The van der Waals surface area contributed by atoms with Gasteiger partial charge in [0.25, 0.3) is 0 Å². The molecule has 160 valence electrons. The largest absolute Gasteiger partial charge is 1.00 e. The van der Waals surface area contributed by atoms with Crippen LogP contribution in [0.4, 0.5) is 0 Å². The third kappa shape index (κ3) is 5.18. The Morgan fingerprint density at radius 1 is 0.406 bits per heavy atom. The summed E-state index contributed by atoms with van der Waals surface area (Å²) >= 11 is 0. The first-order valence-corrected chi connectivity index (χ1v) is 12.8. The average Bonchev–Trinajstić information content (AvgIpc) is 2.87. The highest BCUT2D eigenvalue weighted by Crippen LogP contribution is 2.54. The Hall–Kier alpha value is -2.73. The lowest BCUT2D eigenvalue weighted by Crippen LogP contribution is -3.00. The molecule has 0 fully saturated rings. The van der Waals surface area contributed by atoms with Crippen molar-refractivity contribution in [2.24, 2.45) is 0 Å². The molecule has 0 saturated carbocycles. The first-order valence-electron chi connectivity index (χ1n) is 10.8. The summed E-state index contributed by atoms with van der Waals surface area (Å²) in [5, 5.41) is 7.01. The van der Waals surface area contributed by atoms with Crippen LogP contribution in [0.1, 0.15) is 6.92 Å². The molecule has 0 aliphatic carbocycles. The van der Waals surface area contributed by atoms with E-state index in [0.717, 1.165) is 6.16 Å². The molecule has 0 bridgehead atoms. The minimum Gasteiger partial charge on any atom is -1.00 e. The van der Waals surface area contributed by atoms with Gasteiger partial charge in [-0.25, -0.2) is 0 Å². The fourth-order valence-corrected chi connectivity index (χ4v) is 8.21. The molecule has 0 spiro atoms. The highest BCUT2D eigenvalue weighted by atomic mass is 79.9. The second kappa shape index (κ2) is 11.8. The minimum atomic E-state index is -1.53. The Morgan fingerprint density at radius 3 is 0.906 bits per heavy atom. The van der Waals surface area contributed by atoms with E-state index in [1.165, 1.54) is 26.7 Å². The Morgan fingerprint density at radius 2 is 0.656 bits per heavy atom.